The van der Waals surface area contributed by atoms with Crippen LogP contribution in [0.2, 0.25) is 0 Å². The van der Waals surface area contributed by atoms with Crippen LogP contribution in [0, 0.1) is 34.6 Å². The highest BCUT2D eigenvalue weighted by Gasteiger charge is 2.33. The lowest BCUT2D eigenvalue weighted by Gasteiger charge is -2.34. The summed E-state index contributed by atoms with van der Waals surface area (Å²) in [5.74, 6) is -0.177. The smallest absolute Gasteiger partial charge is 0.274 e. The highest BCUT2D eigenvalue weighted by molar-refractivity contribution is 7.89. The normalized spacial score (nSPS) is 15.1. The number of hydrogen-bond acceptors (Lipinski definition) is 4. The molecule has 7 nitrogen and oxygen atoms in total. The molecule has 4 rings (SSSR count). The standard InChI is InChI=1S/C25H30N4O3S/c1-17-15-18(2)21(5)24(20(17)4)33(31,32)28-13-11-27(12-14-28)25(30)23-16-19(3)29(26-23)22-9-7-6-8-10-22/h6-10,15-16H,11-14H2,1-5H3. The third-order valence-corrected chi connectivity index (χ3v) is 8.70. The Kier molecular flexibility index (Phi) is 6.16. The van der Waals surface area contributed by atoms with Crippen molar-refractivity contribution in [1.29, 1.82) is 0 Å². The minimum absolute atomic E-state index is 0.177. The van der Waals surface area contributed by atoms with Gasteiger partial charge in [-0.3, -0.25) is 4.79 Å². The Morgan fingerprint density at radius 2 is 1.42 bits per heavy atom. The molecule has 0 N–H and O–H groups in total. The van der Waals surface area contributed by atoms with Gasteiger partial charge in [-0.25, -0.2) is 13.1 Å². The van der Waals surface area contributed by atoms with E-state index in [1.165, 1.54) is 4.31 Å². The average molecular weight is 467 g/mol. The summed E-state index contributed by atoms with van der Waals surface area (Å²) in [7, 11) is -3.65. The van der Waals surface area contributed by atoms with Crippen molar-refractivity contribution in [3.05, 3.63) is 76.1 Å². The number of nitrogens with zero attached hydrogens (tertiary/aromatic N) is 4. The van der Waals surface area contributed by atoms with Crippen molar-refractivity contribution in [3.63, 3.8) is 0 Å². The molecule has 0 unspecified atom stereocenters. The number of piperazine rings is 1. The summed E-state index contributed by atoms with van der Waals surface area (Å²) in [4.78, 5) is 15.2. The van der Waals surface area contributed by atoms with Crippen molar-refractivity contribution in [1.82, 2.24) is 19.0 Å². The lowest BCUT2D eigenvalue weighted by Crippen LogP contribution is -2.50. The van der Waals surface area contributed by atoms with Crippen LogP contribution in [0.15, 0.2) is 47.4 Å². The van der Waals surface area contributed by atoms with Gasteiger partial charge in [-0.1, -0.05) is 24.3 Å². The summed E-state index contributed by atoms with van der Waals surface area (Å²) >= 11 is 0. The van der Waals surface area contributed by atoms with Crippen LogP contribution in [0.1, 0.15) is 38.4 Å². The lowest BCUT2D eigenvalue weighted by molar-refractivity contribution is 0.0691. The van der Waals surface area contributed by atoms with Crippen LogP contribution in [0.4, 0.5) is 0 Å². The molecule has 1 saturated heterocycles. The van der Waals surface area contributed by atoms with Crippen molar-refractivity contribution in [3.8, 4) is 5.69 Å². The number of carbonyl (C=O) groups excluding carboxylic acids is 1. The highest BCUT2D eigenvalue weighted by atomic mass is 32.2. The summed E-state index contributed by atoms with van der Waals surface area (Å²) in [5.41, 5.74) is 5.64. The summed E-state index contributed by atoms with van der Waals surface area (Å²) in [6.07, 6.45) is 0. The molecule has 0 atom stereocenters. The molecular formula is C25H30N4O3S. The van der Waals surface area contributed by atoms with E-state index in [4.69, 9.17) is 0 Å². The van der Waals surface area contributed by atoms with Gasteiger partial charge in [0.2, 0.25) is 10.0 Å². The minimum atomic E-state index is -3.65. The van der Waals surface area contributed by atoms with Crippen LogP contribution < -0.4 is 0 Å². The second-order valence-electron chi connectivity index (χ2n) is 8.70. The molecule has 3 aromatic rings. The summed E-state index contributed by atoms with van der Waals surface area (Å²) in [5, 5.41) is 4.51. The van der Waals surface area contributed by atoms with Crippen molar-refractivity contribution in [2.45, 2.75) is 39.5 Å². The van der Waals surface area contributed by atoms with E-state index in [2.05, 4.69) is 5.10 Å². The van der Waals surface area contributed by atoms with Gasteiger partial charge in [0, 0.05) is 31.9 Å². The van der Waals surface area contributed by atoms with Gasteiger partial charge in [0.15, 0.2) is 5.69 Å². The van der Waals surface area contributed by atoms with E-state index in [0.29, 0.717) is 23.7 Å². The quantitative estimate of drug-likeness (QED) is 0.589. The number of rotatable bonds is 4. The molecule has 0 bridgehead atoms. The first-order chi connectivity index (χ1) is 15.6. The van der Waals surface area contributed by atoms with Gasteiger partial charge in [-0.15, -0.1) is 0 Å². The third kappa shape index (κ3) is 4.20. The van der Waals surface area contributed by atoms with E-state index >= 15 is 0 Å². The maximum Gasteiger partial charge on any atom is 0.274 e. The van der Waals surface area contributed by atoms with Crippen LogP contribution >= 0.6 is 0 Å². The Hall–Kier alpha value is -2.97. The summed E-state index contributed by atoms with van der Waals surface area (Å²) in [6.45, 7) is 10.7. The number of amides is 1. The SMILES string of the molecule is Cc1cc(C)c(C)c(S(=O)(=O)N2CCN(C(=O)c3cc(C)n(-c4ccccc4)n3)CC2)c1C. The van der Waals surface area contributed by atoms with Crippen molar-refractivity contribution >= 4 is 15.9 Å². The Morgan fingerprint density at radius 3 is 2.00 bits per heavy atom. The molecular weight excluding hydrogens is 436 g/mol. The molecule has 1 fully saturated rings. The fraction of sp³-hybridized carbons (Fsp3) is 0.360. The van der Waals surface area contributed by atoms with Gasteiger partial charge >= 0.3 is 0 Å². The zero-order valence-corrected chi connectivity index (χ0v) is 20.6. The highest BCUT2D eigenvalue weighted by Crippen LogP contribution is 2.29. The fourth-order valence-corrected chi connectivity index (χ4v) is 6.40. The van der Waals surface area contributed by atoms with E-state index in [9.17, 15) is 13.2 Å². The maximum absolute atomic E-state index is 13.5. The van der Waals surface area contributed by atoms with Crippen LogP contribution in [0.5, 0.6) is 0 Å². The number of sulfonamides is 1. The van der Waals surface area contributed by atoms with E-state index in [1.54, 1.807) is 15.6 Å². The number of hydrogen-bond donors (Lipinski definition) is 0. The number of benzene rings is 2. The molecule has 0 aliphatic carbocycles. The van der Waals surface area contributed by atoms with Gasteiger partial charge in [0.05, 0.1) is 10.6 Å². The van der Waals surface area contributed by atoms with E-state index in [0.717, 1.165) is 33.6 Å². The van der Waals surface area contributed by atoms with E-state index in [-0.39, 0.29) is 19.0 Å². The topological polar surface area (TPSA) is 75.5 Å². The molecule has 1 aliphatic rings. The predicted octanol–water partition coefficient (Wildman–Crippen LogP) is 3.56. The van der Waals surface area contributed by atoms with Crippen LogP contribution in [0.3, 0.4) is 0 Å². The second-order valence-corrected chi connectivity index (χ2v) is 10.6. The largest absolute Gasteiger partial charge is 0.335 e. The number of aryl methyl sites for hydroxylation is 3. The zero-order valence-electron chi connectivity index (χ0n) is 19.8. The average Bonchev–Trinajstić information content (AvgIpc) is 3.19. The van der Waals surface area contributed by atoms with Crippen LogP contribution in [-0.4, -0.2) is 59.5 Å². The fourth-order valence-electron chi connectivity index (χ4n) is 4.40. The van der Waals surface area contributed by atoms with Gasteiger partial charge in [-0.05, 0) is 75.1 Å². The molecule has 8 heteroatoms. The number of aromatic nitrogens is 2. The molecule has 0 spiro atoms. The molecule has 33 heavy (non-hydrogen) atoms. The molecule has 0 radical (unpaired) electrons. The first-order valence-corrected chi connectivity index (χ1v) is 12.5. The monoisotopic (exact) mass is 466 g/mol. The van der Waals surface area contributed by atoms with Crippen molar-refractivity contribution in [2.75, 3.05) is 26.2 Å². The Morgan fingerprint density at radius 1 is 0.848 bits per heavy atom. The van der Waals surface area contributed by atoms with Gasteiger partial charge in [-0.2, -0.15) is 9.40 Å². The number of para-hydroxylation sites is 1. The summed E-state index contributed by atoms with van der Waals surface area (Å²) in [6, 6.07) is 13.5. The van der Waals surface area contributed by atoms with Crippen molar-refractivity contribution < 1.29 is 13.2 Å². The Balaban J connectivity index is 1.51. The van der Waals surface area contributed by atoms with Crippen molar-refractivity contribution in [2.24, 2.45) is 0 Å². The molecule has 2 aromatic carbocycles. The Labute approximate surface area is 195 Å². The molecule has 1 amide bonds. The predicted molar refractivity (Wildman–Crippen MR) is 128 cm³/mol. The Bertz CT molecular complexity index is 1280. The van der Waals surface area contributed by atoms with Gasteiger partial charge in [0.25, 0.3) is 5.91 Å². The zero-order chi connectivity index (χ0) is 23.9. The molecule has 1 aromatic heterocycles. The molecule has 1 aliphatic heterocycles. The van der Waals surface area contributed by atoms with Crippen LogP contribution in [-0.2, 0) is 10.0 Å². The second kappa shape index (κ2) is 8.76. The minimum Gasteiger partial charge on any atom is -0.335 e. The first-order valence-electron chi connectivity index (χ1n) is 11.1. The molecule has 0 saturated carbocycles. The van der Waals surface area contributed by atoms with Crippen LogP contribution in [0.25, 0.3) is 5.69 Å². The number of carbonyl (C=O) groups is 1. The molecule has 174 valence electrons. The third-order valence-electron chi connectivity index (χ3n) is 6.53. The van der Waals surface area contributed by atoms with Gasteiger partial charge in [0.1, 0.15) is 0 Å². The summed E-state index contributed by atoms with van der Waals surface area (Å²) < 4.78 is 30.2. The first kappa shape index (κ1) is 23.2. The van der Waals surface area contributed by atoms with E-state index in [1.807, 2.05) is 71.0 Å². The van der Waals surface area contributed by atoms with E-state index < -0.39 is 10.0 Å². The molecule has 2 heterocycles. The lowest BCUT2D eigenvalue weighted by atomic mass is 10.0. The maximum atomic E-state index is 13.5. The van der Waals surface area contributed by atoms with Gasteiger partial charge < -0.3 is 4.90 Å².